The standard InChI is InChI=1S/C13H16N2O3S/c1-2-7-14-13(17)18-9-8-15-12(16)10-5-3-4-6-11(10)19-15/h3-6H,2,7-9H2,1H3,(H,14,17). The van der Waals surface area contributed by atoms with Gasteiger partial charge in [-0.15, -0.1) is 0 Å². The largest absolute Gasteiger partial charge is 0.448 e. The number of benzene rings is 1. The first-order valence-corrected chi connectivity index (χ1v) is 6.99. The van der Waals surface area contributed by atoms with Gasteiger partial charge in [0.1, 0.15) is 6.61 Å². The average Bonchev–Trinajstić information content (AvgIpc) is 2.74. The van der Waals surface area contributed by atoms with Gasteiger partial charge in [0.2, 0.25) is 0 Å². The van der Waals surface area contributed by atoms with E-state index in [0.29, 0.717) is 18.5 Å². The Kier molecular flexibility index (Phi) is 4.57. The molecule has 6 heteroatoms. The molecule has 0 bridgehead atoms. The molecule has 2 rings (SSSR count). The van der Waals surface area contributed by atoms with Gasteiger partial charge in [-0.25, -0.2) is 4.79 Å². The van der Waals surface area contributed by atoms with Crippen LogP contribution in [0.3, 0.4) is 0 Å². The topological polar surface area (TPSA) is 60.3 Å². The molecule has 1 heterocycles. The number of carbonyl (C=O) groups is 1. The number of nitrogens with zero attached hydrogens (tertiary/aromatic N) is 1. The van der Waals surface area contributed by atoms with Crippen LogP contribution in [-0.2, 0) is 11.3 Å². The fourth-order valence-electron chi connectivity index (χ4n) is 1.66. The lowest BCUT2D eigenvalue weighted by Gasteiger charge is -2.05. The molecule has 19 heavy (non-hydrogen) atoms. The Labute approximate surface area is 115 Å². The molecule has 5 nitrogen and oxygen atoms in total. The zero-order valence-electron chi connectivity index (χ0n) is 10.7. The average molecular weight is 280 g/mol. The number of hydrogen-bond donors (Lipinski definition) is 1. The number of amides is 1. The smallest absolute Gasteiger partial charge is 0.407 e. The highest BCUT2D eigenvalue weighted by molar-refractivity contribution is 7.13. The quantitative estimate of drug-likeness (QED) is 0.913. The highest BCUT2D eigenvalue weighted by Gasteiger charge is 2.07. The third-order valence-electron chi connectivity index (χ3n) is 2.60. The van der Waals surface area contributed by atoms with Crippen LogP contribution >= 0.6 is 11.5 Å². The van der Waals surface area contributed by atoms with Crippen molar-refractivity contribution in [1.29, 1.82) is 0 Å². The van der Waals surface area contributed by atoms with Crippen molar-refractivity contribution >= 4 is 27.7 Å². The van der Waals surface area contributed by atoms with Gasteiger partial charge in [0.25, 0.3) is 5.56 Å². The molecular formula is C13H16N2O3S. The van der Waals surface area contributed by atoms with Gasteiger partial charge in [0.15, 0.2) is 0 Å². The van der Waals surface area contributed by atoms with E-state index in [1.807, 2.05) is 25.1 Å². The molecule has 0 aliphatic heterocycles. The van der Waals surface area contributed by atoms with Crippen molar-refractivity contribution < 1.29 is 9.53 Å². The van der Waals surface area contributed by atoms with Crippen LogP contribution in [0.4, 0.5) is 4.79 Å². The Morgan fingerprint density at radius 3 is 2.95 bits per heavy atom. The van der Waals surface area contributed by atoms with E-state index < -0.39 is 6.09 Å². The Balaban J connectivity index is 1.93. The minimum absolute atomic E-state index is 0.0295. The molecule has 1 aromatic heterocycles. The van der Waals surface area contributed by atoms with Crippen LogP contribution < -0.4 is 10.9 Å². The molecule has 0 atom stereocenters. The van der Waals surface area contributed by atoms with Gasteiger partial charge in [-0.3, -0.25) is 8.75 Å². The Hall–Kier alpha value is -1.82. The van der Waals surface area contributed by atoms with Crippen molar-refractivity contribution in [3.63, 3.8) is 0 Å². The van der Waals surface area contributed by atoms with Crippen molar-refractivity contribution in [3.05, 3.63) is 34.6 Å². The highest BCUT2D eigenvalue weighted by Crippen LogP contribution is 2.15. The first-order valence-electron chi connectivity index (χ1n) is 6.22. The molecule has 0 saturated carbocycles. The van der Waals surface area contributed by atoms with Gasteiger partial charge in [-0.1, -0.05) is 30.6 Å². The lowest BCUT2D eigenvalue weighted by Crippen LogP contribution is -2.27. The lowest BCUT2D eigenvalue weighted by molar-refractivity contribution is 0.143. The normalized spacial score (nSPS) is 10.6. The van der Waals surface area contributed by atoms with Crippen molar-refractivity contribution in [1.82, 2.24) is 9.27 Å². The summed E-state index contributed by atoms with van der Waals surface area (Å²) in [5, 5.41) is 3.33. The van der Waals surface area contributed by atoms with Gasteiger partial charge in [0.05, 0.1) is 16.6 Å². The van der Waals surface area contributed by atoms with Gasteiger partial charge in [-0.05, 0) is 18.6 Å². The number of rotatable bonds is 5. The molecule has 0 radical (unpaired) electrons. The molecule has 1 amide bonds. The Morgan fingerprint density at radius 2 is 2.21 bits per heavy atom. The second-order valence-corrected chi connectivity index (χ2v) is 5.12. The Morgan fingerprint density at radius 1 is 1.42 bits per heavy atom. The van der Waals surface area contributed by atoms with Crippen LogP contribution in [0.2, 0.25) is 0 Å². The van der Waals surface area contributed by atoms with Crippen LogP contribution in [0, 0.1) is 0 Å². The summed E-state index contributed by atoms with van der Waals surface area (Å²) in [6, 6.07) is 7.46. The van der Waals surface area contributed by atoms with Crippen LogP contribution in [0.25, 0.3) is 10.1 Å². The maximum Gasteiger partial charge on any atom is 0.407 e. The van der Waals surface area contributed by atoms with Crippen LogP contribution in [0.5, 0.6) is 0 Å². The first kappa shape index (κ1) is 13.6. The predicted octanol–water partition coefficient (Wildman–Crippen LogP) is 2.20. The maximum absolute atomic E-state index is 12.0. The number of hydrogen-bond acceptors (Lipinski definition) is 4. The van der Waals surface area contributed by atoms with E-state index in [9.17, 15) is 9.59 Å². The van der Waals surface area contributed by atoms with E-state index in [1.165, 1.54) is 11.5 Å². The lowest BCUT2D eigenvalue weighted by atomic mass is 10.3. The maximum atomic E-state index is 12.0. The number of fused-ring (bicyclic) bond motifs is 1. The molecule has 0 aliphatic rings. The zero-order valence-corrected chi connectivity index (χ0v) is 11.5. The SMILES string of the molecule is CCCNC(=O)OCCn1sc2ccccc2c1=O. The minimum Gasteiger partial charge on any atom is -0.448 e. The molecule has 0 spiro atoms. The third-order valence-corrected chi connectivity index (χ3v) is 3.72. The molecule has 0 fully saturated rings. The number of ether oxygens (including phenoxy) is 1. The van der Waals surface area contributed by atoms with Crippen molar-refractivity contribution in [2.45, 2.75) is 19.9 Å². The van der Waals surface area contributed by atoms with Gasteiger partial charge >= 0.3 is 6.09 Å². The van der Waals surface area contributed by atoms with E-state index in [4.69, 9.17) is 4.74 Å². The summed E-state index contributed by atoms with van der Waals surface area (Å²) in [6.45, 7) is 3.15. The van der Waals surface area contributed by atoms with E-state index in [1.54, 1.807) is 10.0 Å². The molecule has 102 valence electrons. The van der Waals surface area contributed by atoms with Crippen molar-refractivity contribution in [2.24, 2.45) is 0 Å². The summed E-state index contributed by atoms with van der Waals surface area (Å²) >= 11 is 1.39. The van der Waals surface area contributed by atoms with Crippen LogP contribution in [0.15, 0.2) is 29.1 Å². The fourth-order valence-corrected chi connectivity index (χ4v) is 2.64. The first-order chi connectivity index (χ1) is 9.22. The molecule has 2 aromatic rings. The monoisotopic (exact) mass is 280 g/mol. The molecule has 1 aromatic carbocycles. The van der Waals surface area contributed by atoms with E-state index in [-0.39, 0.29) is 12.2 Å². The number of aromatic nitrogens is 1. The molecule has 0 saturated heterocycles. The van der Waals surface area contributed by atoms with E-state index in [2.05, 4.69) is 5.32 Å². The summed E-state index contributed by atoms with van der Waals surface area (Å²) in [7, 11) is 0. The minimum atomic E-state index is -0.434. The summed E-state index contributed by atoms with van der Waals surface area (Å²) < 4.78 is 7.55. The summed E-state index contributed by atoms with van der Waals surface area (Å²) in [5.74, 6) is 0. The Bertz CT molecular complexity index is 618. The van der Waals surface area contributed by atoms with Crippen LogP contribution in [0.1, 0.15) is 13.3 Å². The number of nitrogens with one attached hydrogen (secondary N) is 1. The van der Waals surface area contributed by atoms with Crippen LogP contribution in [-0.4, -0.2) is 23.2 Å². The molecule has 1 N–H and O–H groups in total. The predicted molar refractivity (Wildman–Crippen MR) is 75.7 cm³/mol. The van der Waals surface area contributed by atoms with Gasteiger partial charge < -0.3 is 10.1 Å². The summed E-state index contributed by atoms with van der Waals surface area (Å²) in [6.07, 6.45) is 0.432. The third kappa shape index (κ3) is 3.35. The van der Waals surface area contributed by atoms with E-state index in [0.717, 1.165) is 11.1 Å². The summed E-state index contributed by atoms with van der Waals surface area (Å²) in [5.41, 5.74) is -0.0295. The van der Waals surface area contributed by atoms with Crippen molar-refractivity contribution in [3.8, 4) is 0 Å². The van der Waals surface area contributed by atoms with Gasteiger partial charge in [0, 0.05) is 6.54 Å². The molecular weight excluding hydrogens is 264 g/mol. The van der Waals surface area contributed by atoms with Crippen molar-refractivity contribution in [2.75, 3.05) is 13.2 Å². The highest BCUT2D eigenvalue weighted by atomic mass is 32.1. The fraction of sp³-hybridized carbons (Fsp3) is 0.385. The second kappa shape index (κ2) is 6.38. The number of alkyl carbamates (subject to hydrolysis) is 1. The number of carbonyl (C=O) groups excluding carboxylic acids is 1. The summed E-state index contributed by atoms with van der Waals surface area (Å²) in [4.78, 5) is 23.2. The van der Waals surface area contributed by atoms with E-state index >= 15 is 0 Å². The molecule has 0 aliphatic carbocycles. The van der Waals surface area contributed by atoms with Gasteiger partial charge in [-0.2, -0.15) is 0 Å². The zero-order chi connectivity index (χ0) is 13.7. The molecule has 0 unspecified atom stereocenters. The second-order valence-electron chi connectivity index (χ2n) is 4.06.